The summed E-state index contributed by atoms with van der Waals surface area (Å²) in [6.07, 6.45) is 2.71. The van der Waals surface area contributed by atoms with E-state index in [4.69, 9.17) is 9.84 Å². The van der Waals surface area contributed by atoms with Gasteiger partial charge in [0.2, 0.25) is 15.9 Å². The van der Waals surface area contributed by atoms with Gasteiger partial charge in [0, 0.05) is 6.54 Å². The zero-order valence-electron chi connectivity index (χ0n) is 12.6. The lowest BCUT2D eigenvalue weighted by atomic mass is 9.99. The van der Waals surface area contributed by atoms with Crippen molar-refractivity contribution in [3.63, 3.8) is 0 Å². The van der Waals surface area contributed by atoms with E-state index in [0.717, 1.165) is 0 Å². The van der Waals surface area contributed by atoms with E-state index in [1.165, 1.54) is 12.2 Å². The second-order valence-corrected chi connectivity index (χ2v) is 6.80. The highest BCUT2D eigenvalue weighted by Gasteiger charge is 2.31. The number of allylic oxidation sites excluding steroid dienone is 1. The number of sulfonamides is 1. The minimum Gasteiger partial charge on any atom is -0.481 e. The number of ether oxygens (including phenoxy) is 1. The van der Waals surface area contributed by atoms with Crippen molar-refractivity contribution in [1.82, 2.24) is 10.0 Å². The van der Waals surface area contributed by atoms with Crippen molar-refractivity contribution in [3.8, 4) is 0 Å². The predicted octanol–water partition coefficient (Wildman–Crippen LogP) is -0.995. The molecule has 1 aliphatic rings. The van der Waals surface area contributed by atoms with Crippen molar-refractivity contribution in [3.05, 3.63) is 12.2 Å². The number of carboxylic acids is 1. The Kier molecular flexibility index (Phi) is 7.17. The maximum absolute atomic E-state index is 12.2. The van der Waals surface area contributed by atoms with Gasteiger partial charge >= 0.3 is 11.9 Å². The highest BCUT2D eigenvalue weighted by Crippen LogP contribution is 2.12. The fraction of sp³-hybridized carbons (Fsp3) is 0.615. The molecular weight excluding hydrogens is 328 g/mol. The maximum atomic E-state index is 12.2. The Hall–Kier alpha value is -1.94. The lowest BCUT2D eigenvalue weighted by Gasteiger charge is -2.20. The minimum absolute atomic E-state index is 0.00807. The number of hydrogen-bond acceptors (Lipinski definition) is 6. The van der Waals surface area contributed by atoms with E-state index in [9.17, 15) is 22.8 Å². The first kappa shape index (κ1) is 19.1. The molecule has 0 bridgehead atoms. The third-order valence-electron chi connectivity index (χ3n) is 3.07. The molecule has 0 radical (unpaired) electrons. The lowest BCUT2D eigenvalue weighted by molar-refractivity contribution is -0.147. The van der Waals surface area contributed by atoms with Crippen LogP contribution in [0.5, 0.6) is 0 Å². The number of carboxylic acid groups (broad SMARTS) is 1. The van der Waals surface area contributed by atoms with Gasteiger partial charge in [0.1, 0.15) is 6.04 Å². The molecule has 3 N–H and O–H groups in total. The van der Waals surface area contributed by atoms with E-state index >= 15 is 0 Å². The third-order valence-corrected chi connectivity index (χ3v) is 4.45. The van der Waals surface area contributed by atoms with Gasteiger partial charge in [-0.2, -0.15) is 0 Å². The molecule has 0 spiro atoms. The van der Waals surface area contributed by atoms with Crippen molar-refractivity contribution in [2.45, 2.75) is 25.8 Å². The summed E-state index contributed by atoms with van der Waals surface area (Å²) in [6.45, 7) is 1.57. The van der Waals surface area contributed by atoms with Crippen molar-refractivity contribution >= 4 is 27.9 Å². The van der Waals surface area contributed by atoms with Gasteiger partial charge in [-0.05, 0) is 13.3 Å². The second kappa shape index (κ2) is 8.63. The minimum atomic E-state index is -3.81. The van der Waals surface area contributed by atoms with E-state index in [2.05, 4.69) is 10.0 Å². The first-order valence-electron chi connectivity index (χ1n) is 7.06. The summed E-state index contributed by atoms with van der Waals surface area (Å²) in [4.78, 5) is 34.9. The molecule has 1 heterocycles. The van der Waals surface area contributed by atoms with E-state index in [0.29, 0.717) is 0 Å². The number of carbonyl (C=O) groups is 3. The molecule has 0 aromatic rings. The molecule has 1 unspecified atom stereocenters. The standard InChI is InChI=1S/C13H20N2O7S/c1-2-22-13(19)10-8-23(20,21)14-6-4-3-5-9(7-11(16)17)12(18)15-10/h3-4,9-10,14H,2,5-8H2,1H3,(H,15,18)(H,16,17)/b4-3+/t9?,10-/m1/s1. The monoisotopic (exact) mass is 348 g/mol. The molecule has 130 valence electrons. The number of amides is 1. The number of esters is 1. The fourth-order valence-electron chi connectivity index (χ4n) is 1.99. The average molecular weight is 348 g/mol. The average Bonchev–Trinajstić information content (AvgIpc) is 2.45. The van der Waals surface area contributed by atoms with Gasteiger partial charge in [0.15, 0.2) is 0 Å². The molecule has 0 aromatic carbocycles. The van der Waals surface area contributed by atoms with Gasteiger partial charge in [0.05, 0.1) is 24.7 Å². The summed E-state index contributed by atoms with van der Waals surface area (Å²) in [5, 5.41) is 11.1. The quantitative estimate of drug-likeness (QED) is 0.437. The molecule has 1 aliphatic heterocycles. The van der Waals surface area contributed by atoms with Crippen LogP contribution in [0, 0.1) is 5.92 Å². The Labute approximate surface area is 134 Å². The largest absolute Gasteiger partial charge is 0.481 e. The summed E-state index contributed by atoms with van der Waals surface area (Å²) in [7, 11) is -3.81. The zero-order valence-corrected chi connectivity index (χ0v) is 13.5. The van der Waals surface area contributed by atoms with Crippen molar-refractivity contribution < 1.29 is 32.6 Å². The van der Waals surface area contributed by atoms with Crippen LogP contribution in [0.4, 0.5) is 0 Å². The first-order chi connectivity index (χ1) is 10.7. The van der Waals surface area contributed by atoms with Crippen molar-refractivity contribution in [2.24, 2.45) is 5.92 Å². The van der Waals surface area contributed by atoms with Gasteiger partial charge < -0.3 is 15.2 Å². The Balaban J connectivity index is 3.02. The fourth-order valence-corrected chi connectivity index (χ4v) is 3.12. The molecule has 0 saturated heterocycles. The molecular formula is C13H20N2O7S. The maximum Gasteiger partial charge on any atom is 0.329 e. The third kappa shape index (κ3) is 6.78. The summed E-state index contributed by atoms with van der Waals surface area (Å²) >= 11 is 0. The second-order valence-electron chi connectivity index (χ2n) is 4.94. The topological polar surface area (TPSA) is 139 Å². The van der Waals surface area contributed by atoms with Gasteiger partial charge in [0.25, 0.3) is 0 Å². The molecule has 23 heavy (non-hydrogen) atoms. The molecule has 0 fully saturated rings. The van der Waals surface area contributed by atoms with Crippen LogP contribution in [0.15, 0.2) is 12.2 Å². The van der Waals surface area contributed by atoms with Crippen molar-refractivity contribution in [1.29, 1.82) is 0 Å². The van der Waals surface area contributed by atoms with Crippen LogP contribution in [-0.4, -0.2) is 56.3 Å². The van der Waals surface area contributed by atoms with Crippen LogP contribution in [0.1, 0.15) is 19.8 Å². The molecule has 9 nitrogen and oxygen atoms in total. The first-order valence-corrected chi connectivity index (χ1v) is 8.71. The summed E-state index contributed by atoms with van der Waals surface area (Å²) < 4.78 is 30.8. The number of nitrogens with one attached hydrogen (secondary N) is 2. The highest BCUT2D eigenvalue weighted by molar-refractivity contribution is 7.89. The van der Waals surface area contributed by atoms with Crippen LogP contribution >= 0.6 is 0 Å². The van der Waals surface area contributed by atoms with Crippen LogP contribution < -0.4 is 10.0 Å². The Morgan fingerprint density at radius 3 is 2.70 bits per heavy atom. The van der Waals surface area contributed by atoms with Crippen LogP contribution in [0.25, 0.3) is 0 Å². The highest BCUT2D eigenvalue weighted by atomic mass is 32.2. The van der Waals surface area contributed by atoms with Crippen molar-refractivity contribution in [2.75, 3.05) is 18.9 Å². The molecule has 0 saturated carbocycles. The Bertz CT molecular complexity index is 585. The predicted molar refractivity (Wildman–Crippen MR) is 79.9 cm³/mol. The van der Waals surface area contributed by atoms with Crippen LogP contribution in [0.3, 0.4) is 0 Å². The van der Waals surface area contributed by atoms with E-state index in [-0.39, 0.29) is 19.6 Å². The van der Waals surface area contributed by atoms with E-state index in [1.807, 2.05) is 0 Å². The van der Waals surface area contributed by atoms with E-state index < -0.39 is 52.0 Å². The summed E-state index contributed by atoms with van der Waals surface area (Å²) in [5.74, 6) is -4.32. The molecule has 1 amide bonds. The normalized spacial score (nSPS) is 26.4. The van der Waals surface area contributed by atoms with E-state index in [1.54, 1.807) is 6.92 Å². The Morgan fingerprint density at radius 2 is 2.09 bits per heavy atom. The van der Waals surface area contributed by atoms with Crippen LogP contribution in [-0.2, 0) is 29.1 Å². The van der Waals surface area contributed by atoms with Gasteiger partial charge in [-0.15, -0.1) is 0 Å². The molecule has 0 aliphatic carbocycles. The number of carbonyl (C=O) groups excluding carboxylic acids is 2. The van der Waals surface area contributed by atoms with Crippen LogP contribution in [0.2, 0.25) is 0 Å². The zero-order chi connectivity index (χ0) is 17.5. The SMILES string of the molecule is CCOC(=O)[C@H]1CS(=O)(=O)NC/C=C/CC(CC(=O)O)C(=O)N1. The van der Waals surface area contributed by atoms with Gasteiger partial charge in [-0.1, -0.05) is 12.2 Å². The number of hydrogen-bond donors (Lipinski definition) is 3. The number of rotatable bonds is 4. The number of aliphatic carboxylic acids is 1. The molecule has 2 atom stereocenters. The molecule has 0 aromatic heterocycles. The molecule has 10 heteroatoms. The summed E-state index contributed by atoms with van der Waals surface area (Å²) in [5.41, 5.74) is 0. The van der Waals surface area contributed by atoms with Gasteiger partial charge in [-0.25, -0.2) is 17.9 Å². The lowest BCUT2D eigenvalue weighted by Crippen LogP contribution is -2.50. The summed E-state index contributed by atoms with van der Waals surface area (Å²) in [6, 6.07) is -1.39. The Morgan fingerprint density at radius 1 is 1.39 bits per heavy atom. The van der Waals surface area contributed by atoms with Gasteiger partial charge in [-0.3, -0.25) is 9.59 Å². The molecule has 1 rings (SSSR count). The smallest absolute Gasteiger partial charge is 0.329 e.